The van der Waals surface area contributed by atoms with Gasteiger partial charge in [0.15, 0.2) is 0 Å². The van der Waals surface area contributed by atoms with Gasteiger partial charge < -0.3 is 10.1 Å². The monoisotopic (exact) mass is 236 g/mol. The van der Waals surface area contributed by atoms with Crippen LogP contribution < -0.4 is 5.32 Å². The molecule has 0 aromatic carbocycles. The highest BCUT2D eigenvalue weighted by Gasteiger charge is 2.12. The first-order valence-corrected chi connectivity index (χ1v) is 6.43. The zero-order chi connectivity index (χ0) is 12.7. The molecule has 1 atom stereocenters. The van der Waals surface area contributed by atoms with E-state index in [4.69, 9.17) is 4.74 Å². The molecule has 17 heavy (non-hydrogen) atoms. The molecule has 3 nitrogen and oxygen atoms in total. The highest BCUT2D eigenvalue weighted by Crippen LogP contribution is 2.14. The molecule has 1 heterocycles. The lowest BCUT2D eigenvalue weighted by atomic mass is 10.1. The average Bonchev–Trinajstić information content (AvgIpc) is 2.28. The maximum atomic E-state index is 5.52. The van der Waals surface area contributed by atoms with Crippen LogP contribution in [0.4, 0.5) is 0 Å². The lowest BCUT2D eigenvalue weighted by Gasteiger charge is -2.18. The van der Waals surface area contributed by atoms with Gasteiger partial charge in [0.05, 0.1) is 18.3 Å². The predicted octanol–water partition coefficient (Wildman–Crippen LogP) is 2.78. The summed E-state index contributed by atoms with van der Waals surface area (Å²) < 4.78 is 5.52. The molecule has 0 bridgehead atoms. The molecule has 1 aromatic rings. The minimum atomic E-state index is 0.202. The van der Waals surface area contributed by atoms with Gasteiger partial charge in [0.2, 0.25) is 0 Å². The van der Waals surface area contributed by atoms with Crippen molar-refractivity contribution in [2.24, 2.45) is 0 Å². The van der Waals surface area contributed by atoms with Crippen LogP contribution >= 0.6 is 0 Å². The van der Waals surface area contributed by atoms with E-state index in [9.17, 15) is 0 Å². The molecule has 0 aliphatic heterocycles. The fourth-order valence-electron chi connectivity index (χ4n) is 1.85. The molecule has 0 amide bonds. The van der Waals surface area contributed by atoms with Gasteiger partial charge in [-0.25, -0.2) is 0 Å². The van der Waals surface area contributed by atoms with E-state index in [2.05, 4.69) is 36.3 Å². The van der Waals surface area contributed by atoms with Gasteiger partial charge in [0.1, 0.15) is 0 Å². The summed E-state index contributed by atoms with van der Waals surface area (Å²) in [6.45, 7) is 10.8. The molecule has 0 radical (unpaired) electrons. The third-order valence-corrected chi connectivity index (χ3v) is 2.60. The van der Waals surface area contributed by atoms with Gasteiger partial charge in [-0.3, -0.25) is 4.98 Å². The van der Waals surface area contributed by atoms with Gasteiger partial charge in [-0.2, -0.15) is 0 Å². The first kappa shape index (κ1) is 14.1. The van der Waals surface area contributed by atoms with Gasteiger partial charge >= 0.3 is 0 Å². The van der Waals surface area contributed by atoms with Crippen LogP contribution in [0.25, 0.3) is 0 Å². The summed E-state index contributed by atoms with van der Waals surface area (Å²) in [7, 11) is 0. The maximum absolute atomic E-state index is 5.52. The van der Waals surface area contributed by atoms with E-state index in [1.165, 1.54) is 5.56 Å². The van der Waals surface area contributed by atoms with Crippen LogP contribution in [0, 0.1) is 13.8 Å². The molecule has 0 aliphatic rings. The van der Waals surface area contributed by atoms with Crippen LogP contribution in [0.15, 0.2) is 12.1 Å². The van der Waals surface area contributed by atoms with E-state index < -0.39 is 0 Å². The Balaban J connectivity index is 2.78. The van der Waals surface area contributed by atoms with Gasteiger partial charge in [-0.1, -0.05) is 6.92 Å². The van der Waals surface area contributed by atoms with Crippen molar-refractivity contribution in [3.8, 4) is 0 Å². The Kier molecular flexibility index (Phi) is 6.16. The van der Waals surface area contributed by atoms with Gasteiger partial charge in [-0.05, 0) is 51.4 Å². The van der Waals surface area contributed by atoms with Crippen molar-refractivity contribution < 1.29 is 4.74 Å². The molecule has 96 valence electrons. The first-order valence-electron chi connectivity index (χ1n) is 6.43. The molecule has 1 N–H and O–H groups in total. The highest BCUT2D eigenvalue weighted by atomic mass is 16.5. The van der Waals surface area contributed by atoms with Crippen molar-refractivity contribution in [1.82, 2.24) is 10.3 Å². The number of nitrogens with zero attached hydrogens (tertiary/aromatic N) is 1. The molecular weight excluding hydrogens is 212 g/mol. The van der Waals surface area contributed by atoms with Crippen LogP contribution in [-0.2, 0) is 4.74 Å². The van der Waals surface area contributed by atoms with Crippen molar-refractivity contribution in [2.75, 3.05) is 19.8 Å². The quantitative estimate of drug-likeness (QED) is 0.790. The molecule has 3 heteroatoms. The summed E-state index contributed by atoms with van der Waals surface area (Å²) in [4.78, 5) is 4.60. The molecule has 0 saturated heterocycles. The van der Waals surface area contributed by atoms with E-state index in [0.717, 1.165) is 31.0 Å². The summed E-state index contributed by atoms with van der Waals surface area (Å²) in [6.07, 6.45) is 1.12. The minimum Gasteiger partial charge on any atom is -0.380 e. The summed E-state index contributed by atoms with van der Waals surface area (Å²) in [5.74, 6) is 0. The van der Waals surface area contributed by atoms with Crippen molar-refractivity contribution >= 4 is 0 Å². The topological polar surface area (TPSA) is 34.1 Å². The Hall–Kier alpha value is -0.930. The van der Waals surface area contributed by atoms with Crippen molar-refractivity contribution in [2.45, 2.75) is 40.2 Å². The molecule has 0 saturated carbocycles. The normalized spacial score (nSPS) is 12.7. The van der Waals surface area contributed by atoms with E-state index in [0.29, 0.717) is 6.61 Å². The SMILES string of the molecule is CCCNC(COCC)c1cc(C)cc(C)n1. The Bertz CT molecular complexity index is 311. The van der Waals surface area contributed by atoms with E-state index in [1.54, 1.807) is 0 Å². The van der Waals surface area contributed by atoms with Crippen LogP contribution in [0.1, 0.15) is 43.3 Å². The second-order valence-corrected chi connectivity index (χ2v) is 4.38. The second kappa shape index (κ2) is 7.41. The van der Waals surface area contributed by atoms with Crippen molar-refractivity contribution in [1.29, 1.82) is 0 Å². The van der Waals surface area contributed by atoms with E-state index >= 15 is 0 Å². The minimum absolute atomic E-state index is 0.202. The third-order valence-electron chi connectivity index (χ3n) is 2.60. The fourth-order valence-corrected chi connectivity index (χ4v) is 1.85. The summed E-state index contributed by atoms with van der Waals surface area (Å²) in [6, 6.07) is 4.44. The van der Waals surface area contributed by atoms with Crippen LogP contribution in [0.3, 0.4) is 0 Å². The van der Waals surface area contributed by atoms with Gasteiger partial charge in [-0.15, -0.1) is 0 Å². The number of aryl methyl sites for hydroxylation is 2. The average molecular weight is 236 g/mol. The number of ether oxygens (including phenoxy) is 1. The van der Waals surface area contributed by atoms with Gasteiger partial charge in [0, 0.05) is 12.3 Å². The van der Waals surface area contributed by atoms with E-state index in [1.807, 2.05) is 13.8 Å². The number of pyridine rings is 1. The smallest absolute Gasteiger partial charge is 0.0732 e. The lowest BCUT2D eigenvalue weighted by Crippen LogP contribution is -2.27. The first-order chi connectivity index (χ1) is 8.17. The zero-order valence-electron chi connectivity index (χ0n) is 11.4. The molecular formula is C14H24N2O. The Morgan fingerprint density at radius 2 is 2.06 bits per heavy atom. The molecule has 1 rings (SSSR count). The van der Waals surface area contributed by atoms with Crippen LogP contribution in [-0.4, -0.2) is 24.7 Å². The Morgan fingerprint density at radius 1 is 1.29 bits per heavy atom. The second-order valence-electron chi connectivity index (χ2n) is 4.38. The number of hydrogen-bond acceptors (Lipinski definition) is 3. The molecule has 0 fully saturated rings. The molecule has 1 aromatic heterocycles. The number of hydrogen-bond donors (Lipinski definition) is 1. The van der Waals surface area contributed by atoms with Crippen LogP contribution in [0.5, 0.6) is 0 Å². The summed E-state index contributed by atoms with van der Waals surface area (Å²) in [5.41, 5.74) is 3.41. The third kappa shape index (κ3) is 4.84. The standard InChI is InChI=1S/C14H24N2O/c1-5-7-15-14(10-17-6-2)13-9-11(3)8-12(4)16-13/h8-9,14-15H,5-7,10H2,1-4H3. The van der Waals surface area contributed by atoms with E-state index in [-0.39, 0.29) is 6.04 Å². The molecule has 0 spiro atoms. The molecule has 0 aliphatic carbocycles. The van der Waals surface area contributed by atoms with Crippen molar-refractivity contribution in [3.63, 3.8) is 0 Å². The summed E-state index contributed by atoms with van der Waals surface area (Å²) in [5, 5.41) is 3.49. The number of rotatable bonds is 7. The Morgan fingerprint density at radius 3 is 2.65 bits per heavy atom. The highest BCUT2D eigenvalue weighted by molar-refractivity contribution is 5.21. The zero-order valence-corrected chi connectivity index (χ0v) is 11.4. The fraction of sp³-hybridized carbons (Fsp3) is 0.643. The van der Waals surface area contributed by atoms with Gasteiger partial charge in [0.25, 0.3) is 0 Å². The van der Waals surface area contributed by atoms with Crippen molar-refractivity contribution in [3.05, 3.63) is 29.1 Å². The lowest BCUT2D eigenvalue weighted by molar-refractivity contribution is 0.122. The number of aromatic nitrogens is 1. The van der Waals surface area contributed by atoms with Crippen LogP contribution in [0.2, 0.25) is 0 Å². The maximum Gasteiger partial charge on any atom is 0.0732 e. The Labute approximate surface area is 105 Å². The summed E-state index contributed by atoms with van der Waals surface area (Å²) >= 11 is 0. The predicted molar refractivity (Wildman–Crippen MR) is 71.2 cm³/mol. The molecule has 1 unspecified atom stereocenters. The number of nitrogens with one attached hydrogen (secondary N) is 1. The largest absolute Gasteiger partial charge is 0.380 e.